The van der Waals surface area contributed by atoms with Crippen LogP contribution in [0.3, 0.4) is 0 Å². The number of aromatic nitrogens is 4. The molecular formula is C14H22N6. The molecule has 3 heterocycles. The lowest BCUT2D eigenvalue weighted by Gasteiger charge is -2.33. The van der Waals surface area contributed by atoms with E-state index < -0.39 is 0 Å². The van der Waals surface area contributed by atoms with Gasteiger partial charge in [-0.1, -0.05) is 6.42 Å². The number of fused-ring (bicyclic) bond motifs is 1. The van der Waals surface area contributed by atoms with Gasteiger partial charge in [-0.25, -0.2) is 15.0 Å². The molecule has 0 radical (unpaired) electrons. The van der Waals surface area contributed by atoms with Crippen molar-refractivity contribution in [2.24, 2.45) is 0 Å². The molecule has 0 aliphatic carbocycles. The van der Waals surface area contributed by atoms with Crippen LogP contribution in [-0.2, 0) is 0 Å². The number of hydrogen-bond donors (Lipinski definition) is 2. The molecule has 6 nitrogen and oxygen atoms in total. The van der Waals surface area contributed by atoms with Crippen molar-refractivity contribution in [2.45, 2.75) is 38.6 Å². The quantitative estimate of drug-likeness (QED) is 0.816. The van der Waals surface area contributed by atoms with Crippen molar-refractivity contribution < 1.29 is 0 Å². The van der Waals surface area contributed by atoms with Gasteiger partial charge in [0.25, 0.3) is 0 Å². The van der Waals surface area contributed by atoms with E-state index in [9.17, 15) is 0 Å². The number of likely N-dealkylation sites (tertiary alicyclic amines) is 1. The largest absolute Gasteiger partial charge is 0.368 e. The van der Waals surface area contributed by atoms with E-state index in [0.29, 0.717) is 5.65 Å². The zero-order valence-corrected chi connectivity index (χ0v) is 12.0. The highest BCUT2D eigenvalue weighted by Gasteiger charge is 2.17. The van der Waals surface area contributed by atoms with E-state index in [-0.39, 0.29) is 0 Å². The number of aromatic amines is 1. The third-order valence-corrected chi connectivity index (χ3v) is 4.08. The molecule has 0 bridgehead atoms. The molecule has 2 aromatic rings. The van der Waals surface area contributed by atoms with Crippen LogP contribution in [0.25, 0.3) is 11.2 Å². The van der Waals surface area contributed by atoms with Crippen LogP contribution in [0, 0.1) is 0 Å². The molecule has 1 unspecified atom stereocenters. The molecule has 1 aliphatic rings. The molecule has 2 aromatic heterocycles. The van der Waals surface area contributed by atoms with Crippen molar-refractivity contribution in [1.82, 2.24) is 24.8 Å². The normalized spacial score (nSPS) is 20.4. The van der Waals surface area contributed by atoms with Crippen LogP contribution < -0.4 is 5.32 Å². The SMILES string of the molecule is CC1CCCCN1CCCNc1ncnc2nc[nH]c12. The Morgan fingerprint density at radius 2 is 2.30 bits per heavy atom. The molecule has 0 aromatic carbocycles. The Balaban J connectivity index is 1.49. The molecule has 108 valence electrons. The summed E-state index contributed by atoms with van der Waals surface area (Å²) in [6.45, 7) is 5.67. The molecule has 6 heteroatoms. The molecule has 20 heavy (non-hydrogen) atoms. The van der Waals surface area contributed by atoms with Gasteiger partial charge in [-0.2, -0.15) is 0 Å². The highest BCUT2D eigenvalue weighted by molar-refractivity contribution is 5.81. The lowest BCUT2D eigenvalue weighted by Crippen LogP contribution is -2.38. The maximum atomic E-state index is 4.27. The van der Waals surface area contributed by atoms with Crippen LogP contribution >= 0.6 is 0 Å². The predicted octanol–water partition coefficient (Wildman–Crippen LogP) is 2.03. The van der Waals surface area contributed by atoms with Crippen molar-refractivity contribution in [3.63, 3.8) is 0 Å². The number of imidazole rings is 1. The highest BCUT2D eigenvalue weighted by atomic mass is 15.2. The summed E-state index contributed by atoms with van der Waals surface area (Å²) in [6, 6.07) is 0.738. The van der Waals surface area contributed by atoms with Gasteiger partial charge in [-0.3, -0.25) is 0 Å². The van der Waals surface area contributed by atoms with E-state index in [4.69, 9.17) is 0 Å². The van der Waals surface area contributed by atoms with Crippen LogP contribution in [0.5, 0.6) is 0 Å². The van der Waals surface area contributed by atoms with Crippen molar-refractivity contribution >= 4 is 17.0 Å². The highest BCUT2D eigenvalue weighted by Crippen LogP contribution is 2.17. The zero-order chi connectivity index (χ0) is 13.8. The first-order chi connectivity index (χ1) is 9.84. The molecule has 1 fully saturated rings. The zero-order valence-electron chi connectivity index (χ0n) is 12.0. The van der Waals surface area contributed by atoms with Crippen molar-refractivity contribution in [3.05, 3.63) is 12.7 Å². The molecule has 1 saturated heterocycles. The summed E-state index contributed by atoms with van der Waals surface area (Å²) in [4.78, 5) is 18.2. The fourth-order valence-corrected chi connectivity index (χ4v) is 2.88. The summed E-state index contributed by atoms with van der Waals surface area (Å²) in [6.07, 6.45) is 8.41. The standard InChI is InChI=1S/C14H22N6/c1-11-5-2-3-7-20(11)8-4-6-15-13-12-14(17-9-16-12)19-10-18-13/h9-11H,2-8H2,1H3,(H2,15,16,17,18,19). The van der Waals surface area contributed by atoms with Crippen LogP contribution in [0.1, 0.15) is 32.6 Å². The molecule has 2 N–H and O–H groups in total. The smallest absolute Gasteiger partial charge is 0.182 e. The third-order valence-electron chi connectivity index (χ3n) is 4.08. The number of H-pyrrole nitrogens is 1. The van der Waals surface area contributed by atoms with Crippen LogP contribution in [-0.4, -0.2) is 50.5 Å². The Morgan fingerprint density at radius 3 is 3.20 bits per heavy atom. The van der Waals surface area contributed by atoms with Crippen molar-refractivity contribution in [2.75, 3.05) is 25.0 Å². The van der Waals surface area contributed by atoms with E-state index in [0.717, 1.165) is 36.9 Å². The molecule has 0 saturated carbocycles. The molecule has 0 spiro atoms. The van der Waals surface area contributed by atoms with E-state index in [2.05, 4.69) is 37.1 Å². The number of piperidine rings is 1. The maximum Gasteiger partial charge on any atom is 0.182 e. The van der Waals surface area contributed by atoms with Crippen molar-refractivity contribution in [3.8, 4) is 0 Å². The fraction of sp³-hybridized carbons (Fsp3) is 0.643. The summed E-state index contributed by atoms with van der Waals surface area (Å²) in [5, 5.41) is 3.38. The summed E-state index contributed by atoms with van der Waals surface area (Å²) >= 11 is 0. The number of nitrogens with one attached hydrogen (secondary N) is 2. The van der Waals surface area contributed by atoms with Crippen LogP contribution in [0.2, 0.25) is 0 Å². The monoisotopic (exact) mass is 274 g/mol. The lowest BCUT2D eigenvalue weighted by molar-refractivity contribution is 0.160. The second kappa shape index (κ2) is 6.17. The topological polar surface area (TPSA) is 69.7 Å². The lowest BCUT2D eigenvalue weighted by atomic mass is 10.0. The number of hydrogen-bond acceptors (Lipinski definition) is 5. The Labute approximate surface area is 119 Å². The first-order valence-electron chi connectivity index (χ1n) is 7.46. The Kier molecular flexibility index (Phi) is 4.11. The van der Waals surface area contributed by atoms with Gasteiger partial charge in [0, 0.05) is 19.1 Å². The van der Waals surface area contributed by atoms with Gasteiger partial charge >= 0.3 is 0 Å². The van der Waals surface area contributed by atoms with E-state index >= 15 is 0 Å². The van der Waals surface area contributed by atoms with Gasteiger partial charge < -0.3 is 15.2 Å². The summed E-state index contributed by atoms with van der Waals surface area (Å²) < 4.78 is 0. The second-order valence-corrected chi connectivity index (χ2v) is 5.48. The first kappa shape index (κ1) is 13.3. The summed E-state index contributed by atoms with van der Waals surface area (Å²) in [5.41, 5.74) is 1.60. The minimum atomic E-state index is 0.715. The van der Waals surface area contributed by atoms with Gasteiger partial charge in [0.15, 0.2) is 11.5 Å². The fourth-order valence-electron chi connectivity index (χ4n) is 2.88. The number of rotatable bonds is 5. The molecular weight excluding hydrogens is 252 g/mol. The van der Waals surface area contributed by atoms with E-state index in [1.54, 1.807) is 12.7 Å². The summed E-state index contributed by atoms with van der Waals surface area (Å²) in [5.74, 6) is 0.846. The summed E-state index contributed by atoms with van der Waals surface area (Å²) in [7, 11) is 0. The van der Waals surface area contributed by atoms with Gasteiger partial charge in [0.2, 0.25) is 0 Å². The number of anilines is 1. The minimum absolute atomic E-state index is 0.715. The molecule has 1 atom stereocenters. The predicted molar refractivity (Wildman–Crippen MR) is 79.7 cm³/mol. The Bertz CT molecular complexity index is 551. The van der Waals surface area contributed by atoms with Gasteiger partial charge in [0.05, 0.1) is 6.33 Å². The molecule has 0 amide bonds. The maximum absolute atomic E-state index is 4.27. The Morgan fingerprint density at radius 1 is 1.35 bits per heavy atom. The second-order valence-electron chi connectivity index (χ2n) is 5.48. The average Bonchev–Trinajstić information content (AvgIpc) is 2.94. The van der Waals surface area contributed by atoms with Gasteiger partial charge in [-0.05, 0) is 32.7 Å². The van der Waals surface area contributed by atoms with Gasteiger partial charge in [-0.15, -0.1) is 0 Å². The Hall–Kier alpha value is -1.69. The number of nitrogens with zero attached hydrogens (tertiary/aromatic N) is 4. The molecule has 3 rings (SSSR count). The van der Waals surface area contributed by atoms with Crippen LogP contribution in [0.15, 0.2) is 12.7 Å². The van der Waals surface area contributed by atoms with E-state index in [1.807, 2.05) is 0 Å². The van der Waals surface area contributed by atoms with Crippen molar-refractivity contribution in [1.29, 1.82) is 0 Å². The minimum Gasteiger partial charge on any atom is -0.368 e. The first-order valence-corrected chi connectivity index (χ1v) is 7.46. The van der Waals surface area contributed by atoms with Crippen LogP contribution in [0.4, 0.5) is 5.82 Å². The van der Waals surface area contributed by atoms with Gasteiger partial charge in [0.1, 0.15) is 11.8 Å². The average molecular weight is 274 g/mol. The van der Waals surface area contributed by atoms with E-state index in [1.165, 1.54) is 25.8 Å². The molecule has 1 aliphatic heterocycles. The third kappa shape index (κ3) is 2.90.